The quantitative estimate of drug-likeness (QED) is 0.657. The second-order valence-electron chi connectivity index (χ2n) is 5.12. The summed E-state index contributed by atoms with van der Waals surface area (Å²) in [5.74, 6) is -0.552. The van der Waals surface area contributed by atoms with E-state index in [-0.39, 0.29) is 18.2 Å². The summed E-state index contributed by atoms with van der Waals surface area (Å²) in [6.07, 6.45) is 3.13. The molecule has 23 heavy (non-hydrogen) atoms. The van der Waals surface area contributed by atoms with Crippen LogP contribution in [0.2, 0.25) is 0 Å². The summed E-state index contributed by atoms with van der Waals surface area (Å²) in [5.41, 5.74) is 5.13. The molecule has 0 fully saturated rings. The molecule has 0 unspecified atom stereocenters. The Kier molecular flexibility index (Phi) is 5.57. The first-order chi connectivity index (χ1) is 11.0. The number of rotatable bonds is 5. The summed E-state index contributed by atoms with van der Waals surface area (Å²) < 4.78 is 0. The molecule has 2 rings (SSSR count). The minimum absolute atomic E-state index is 0.0985. The molecule has 1 heterocycles. The maximum absolute atomic E-state index is 11.9. The summed E-state index contributed by atoms with van der Waals surface area (Å²) in [5, 5.41) is 6.72. The molecule has 6 heteroatoms. The van der Waals surface area contributed by atoms with Gasteiger partial charge < -0.3 is 5.32 Å². The maximum Gasteiger partial charge on any atom is 0.272 e. The molecule has 0 bridgehead atoms. The number of nitrogens with one attached hydrogen (secondary N) is 2. The van der Waals surface area contributed by atoms with Gasteiger partial charge in [0.2, 0.25) is 5.91 Å². The molecule has 0 aliphatic rings. The van der Waals surface area contributed by atoms with Crippen molar-refractivity contribution < 1.29 is 9.59 Å². The first kappa shape index (κ1) is 16.4. The van der Waals surface area contributed by atoms with Gasteiger partial charge in [0.15, 0.2) is 0 Å². The maximum atomic E-state index is 11.9. The summed E-state index contributed by atoms with van der Waals surface area (Å²) >= 11 is 0. The molecule has 2 amide bonds. The number of amides is 2. The summed E-state index contributed by atoms with van der Waals surface area (Å²) in [4.78, 5) is 27.6. The highest BCUT2D eigenvalue weighted by Gasteiger charge is 2.07. The minimum Gasteiger partial charge on any atom is -0.326 e. The van der Waals surface area contributed by atoms with Crippen molar-refractivity contribution in [1.82, 2.24) is 10.4 Å². The lowest BCUT2D eigenvalue weighted by atomic mass is 10.2. The van der Waals surface area contributed by atoms with E-state index in [0.29, 0.717) is 11.3 Å². The third kappa shape index (κ3) is 5.35. The van der Waals surface area contributed by atoms with E-state index in [9.17, 15) is 9.59 Å². The number of hydrazone groups is 1. The number of nitrogens with zero attached hydrogens (tertiary/aromatic N) is 2. The number of aryl methyl sites for hydroxylation is 1. The fourth-order valence-corrected chi connectivity index (χ4v) is 1.91. The van der Waals surface area contributed by atoms with Gasteiger partial charge in [-0.05, 0) is 43.7 Å². The van der Waals surface area contributed by atoms with Crippen LogP contribution in [0.1, 0.15) is 29.3 Å². The zero-order valence-corrected chi connectivity index (χ0v) is 13.0. The molecule has 1 aromatic heterocycles. The highest BCUT2D eigenvalue weighted by atomic mass is 16.2. The Balaban J connectivity index is 1.87. The Hall–Kier alpha value is -3.02. The SMILES string of the molecule is C/C(CC(=O)Nc1cccc(C)c1)=N\NC(=O)c1cccnc1. The van der Waals surface area contributed by atoms with Gasteiger partial charge in [-0.2, -0.15) is 5.10 Å². The Morgan fingerprint density at radius 1 is 1.22 bits per heavy atom. The van der Waals surface area contributed by atoms with Gasteiger partial charge in [0.1, 0.15) is 0 Å². The van der Waals surface area contributed by atoms with Crippen LogP contribution < -0.4 is 10.7 Å². The summed E-state index contributed by atoms with van der Waals surface area (Å²) in [6.45, 7) is 3.63. The average Bonchev–Trinajstić information content (AvgIpc) is 2.53. The molecule has 0 atom stereocenters. The van der Waals surface area contributed by atoms with E-state index in [2.05, 4.69) is 20.8 Å². The molecule has 0 saturated heterocycles. The number of hydrogen-bond acceptors (Lipinski definition) is 4. The lowest BCUT2D eigenvalue weighted by molar-refractivity contribution is -0.115. The fourth-order valence-electron chi connectivity index (χ4n) is 1.91. The third-order valence-electron chi connectivity index (χ3n) is 2.99. The summed E-state index contributed by atoms with van der Waals surface area (Å²) in [6, 6.07) is 10.8. The predicted molar refractivity (Wildman–Crippen MR) is 89.2 cm³/mol. The molecule has 0 aliphatic carbocycles. The molecular formula is C17H18N4O2. The van der Waals surface area contributed by atoms with Gasteiger partial charge in [-0.15, -0.1) is 0 Å². The molecule has 0 saturated carbocycles. The Bertz CT molecular complexity index is 726. The van der Waals surface area contributed by atoms with Crippen molar-refractivity contribution >= 4 is 23.2 Å². The van der Waals surface area contributed by atoms with E-state index in [1.807, 2.05) is 31.2 Å². The van der Waals surface area contributed by atoms with Crippen LogP contribution in [-0.4, -0.2) is 22.5 Å². The van der Waals surface area contributed by atoms with Gasteiger partial charge in [0, 0.05) is 23.8 Å². The number of carbonyl (C=O) groups excluding carboxylic acids is 2. The topological polar surface area (TPSA) is 83.5 Å². The van der Waals surface area contributed by atoms with Crippen LogP contribution in [0.25, 0.3) is 0 Å². The van der Waals surface area contributed by atoms with Crippen LogP contribution in [0.4, 0.5) is 5.69 Å². The lowest BCUT2D eigenvalue weighted by Gasteiger charge is -2.06. The first-order valence-corrected chi connectivity index (χ1v) is 7.14. The fraction of sp³-hybridized carbons (Fsp3) is 0.176. The third-order valence-corrected chi connectivity index (χ3v) is 2.99. The van der Waals surface area contributed by atoms with Crippen molar-refractivity contribution in [1.29, 1.82) is 0 Å². The molecular weight excluding hydrogens is 292 g/mol. The highest BCUT2D eigenvalue weighted by molar-refractivity contribution is 6.06. The highest BCUT2D eigenvalue weighted by Crippen LogP contribution is 2.09. The standard InChI is InChI=1S/C17H18N4O2/c1-12-5-3-7-15(9-12)19-16(22)10-13(2)20-21-17(23)14-6-4-8-18-11-14/h3-9,11H,10H2,1-2H3,(H,19,22)(H,21,23)/b20-13+. The zero-order valence-electron chi connectivity index (χ0n) is 13.0. The Morgan fingerprint density at radius 2 is 2.04 bits per heavy atom. The van der Waals surface area contributed by atoms with E-state index >= 15 is 0 Å². The van der Waals surface area contributed by atoms with Crippen LogP contribution in [0.15, 0.2) is 53.9 Å². The molecule has 0 spiro atoms. The number of anilines is 1. The molecule has 0 aliphatic heterocycles. The Morgan fingerprint density at radius 3 is 2.74 bits per heavy atom. The molecule has 6 nitrogen and oxygen atoms in total. The van der Waals surface area contributed by atoms with Gasteiger partial charge in [0.05, 0.1) is 12.0 Å². The van der Waals surface area contributed by atoms with E-state index < -0.39 is 0 Å². The average molecular weight is 310 g/mol. The van der Waals surface area contributed by atoms with E-state index in [1.165, 1.54) is 6.20 Å². The van der Waals surface area contributed by atoms with Crippen molar-refractivity contribution in [2.45, 2.75) is 20.3 Å². The van der Waals surface area contributed by atoms with Gasteiger partial charge >= 0.3 is 0 Å². The Labute approximate surface area is 134 Å². The van der Waals surface area contributed by atoms with Crippen LogP contribution in [0.5, 0.6) is 0 Å². The van der Waals surface area contributed by atoms with E-state index in [1.54, 1.807) is 25.3 Å². The van der Waals surface area contributed by atoms with Crippen LogP contribution in [0.3, 0.4) is 0 Å². The summed E-state index contributed by atoms with van der Waals surface area (Å²) in [7, 11) is 0. The van der Waals surface area contributed by atoms with E-state index in [4.69, 9.17) is 0 Å². The van der Waals surface area contributed by atoms with Crippen molar-refractivity contribution in [3.8, 4) is 0 Å². The van der Waals surface area contributed by atoms with Crippen LogP contribution in [0, 0.1) is 6.92 Å². The normalized spacial score (nSPS) is 11.0. The molecule has 118 valence electrons. The monoisotopic (exact) mass is 310 g/mol. The largest absolute Gasteiger partial charge is 0.326 e. The minimum atomic E-state index is -0.364. The van der Waals surface area contributed by atoms with Gasteiger partial charge in [0.25, 0.3) is 5.91 Å². The number of benzene rings is 1. The number of hydrogen-bond donors (Lipinski definition) is 2. The van der Waals surface area contributed by atoms with Crippen molar-refractivity contribution in [2.75, 3.05) is 5.32 Å². The van der Waals surface area contributed by atoms with Gasteiger partial charge in [-0.3, -0.25) is 14.6 Å². The van der Waals surface area contributed by atoms with Crippen molar-refractivity contribution in [3.63, 3.8) is 0 Å². The second kappa shape index (κ2) is 7.84. The second-order valence-corrected chi connectivity index (χ2v) is 5.12. The molecule has 1 aromatic carbocycles. The van der Waals surface area contributed by atoms with Crippen LogP contribution >= 0.6 is 0 Å². The lowest BCUT2D eigenvalue weighted by Crippen LogP contribution is -2.21. The number of aromatic nitrogens is 1. The molecule has 2 aromatic rings. The van der Waals surface area contributed by atoms with Crippen molar-refractivity contribution in [2.24, 2.45) is 5.10 Å². The zero-order chi connectivity index (χ0) is 16.7. The predicted octanol–water partition coefficient (Wildman–Crippen LogP) is 2.52. The first-order valence-electron chi connectivity index (χ1n) is 7.14. The van der Waals surface area contributed by atoms with Crippen LogP contribution in [-0.2, 0) is 4.79 Å². The smallest absolute Gasteiger partial charge is 0.272 e. The number of pyridine rings is 1. The van der Waals surface area contributed by atoms with Crippen molar-refractivity contribution in [3.05, 3.63) is 59.9 Å². The van der Waals surface area contributed by atoms with Gasteiger partial charge in [-0.25, -0.2) is 5.43 Å². The molecule has 2 N–H and O–H groups in total. The molecule has 0 radical (unpaired) electrons. The van der Waals surface area contributed by atoms with E-state index in [0.717, 1.165) is 11.3 Å². The number of carbonyl (C=O) groups is 2. The van der Waals surface area contributed by atoms with Gasteiger partial charge in [-0.1, -0.05) is 12.1 Å².